The summed E-state index contributed by atoms with van der Waals surface area (Å²) in [6, 6.07) is 16.3. The zero-order chi connectivity index (χ0) is 21.8. The fraction of sp³-hybridized carbons (Fsp3) is 0.280. The van der Waals surface area contributed by atoms with Crippen LogP contribution in [0.3, 0.4) is 0 Å². The molecule has 1 unspecified atom stereocenters. The molecule has 4 rings (SSSR count). The standard InChI is InChI=1S/C25H24N2O4/c1-4-30-15-27-25-20(14-26)23(17-10-12-21(28-2)22(13-17)29-3)19-11-9-16-7-5-6-8-18(16)24(19)31-25/h5-8,10,12-13,15,23H,4,9,11H2,1-3H3/b27-15+. The number of allylic oxidation sites excluding steroid dienone is 2. The second-order valence-corrected chi connectivity index (χ2v) is 7.18. The summed E-state index contributed by atoms with van der Waals surface area (Å²) >= 11 is 0. The third-order valence-corrected chi connectivity index (χ3v) is 5.56. The molecule has 6 nitrogen and oxygen atoms in total. The van der Waals surface area contributed by atoms with Gasteiger partial charge in [0.15, 0.2) is 17.9 Å². The van der Waals surface area contributed by atoms with Crippen molar-refractivity contribution < 1.29 is 18.9 Å². The van der Waals surface area contributed by atoms with E-state index >= 15 is 0 Å². The number of nitrogens with zero attached hydrogens (tertiary/aromatic N) is 2. The minimum absolute atomic E-state index is 0.256. The molecule has 31 heavy (non-hydrogen) atoms. The van der Waals surface area contributed by atoms with Crippen LogP contribution in [0.1, 0.15) is 36.0 Å². The first kappa shape index (κ1) is 20.5. The van der Waals surface area contributed by atoms with E-state index in [0.717, 1.165) is 35.3 Å². The van der Waals surface area contributed by atoms with Crippen LogP contribution in [-0.2, 0) is 15.9 Å². The van der Waals surface area contributed by atoms with Gasteiger partial charge >= 0.3 is 0 Å². The minimum atomic E-state index is -0.296. The number of nitriles is 1. The summed E-state index contributed by atoms with van der Waals surface area (Å²) in [5.41, 5.74) is 4.70. The Morgan fingerprint density at radius 2 is 1.94 bits per heavy atom. The Labute approximate surface area is 182 Å². The number of hydrogen-bond donors (Lipinski definition) is 0. The lowest BCUT2D eigenvalue weighted by Crippen LogP contribution is -2.20. The van der Waals surface area contributed by atoms with E-state index in [1.54, 1.807) is 14.2 Å². The van der Waals surface area contributed by atoms with E-state index in [-0.39, 0.29) is 11.8 Å². The van der Waals surface area contributed by atoms with Crippen molar-refractivity contribution in [2.45, 2.75) is 25.7 Å². The van der Waals surface area contributed by atoms with Gasteiger partial charge in [0.25, 0.3) is 0 Å². The zero-order valence-electron chi connectivity index (χ0n) is 17.8. The van der Waals surface area contributed by atoms with Gasteiger partial charge in [-0.15, -0.1) is 0 Å². The molecule has 0 bridgehead atoms. The topological polar surface area (TPSA) is 73.1 Å². The van der Waals surface area contributed by atoms with Gasteiger partial charge in [0, 0.05) is 11.5 Å². The first-order valence-corrected chi connectivity index (χ1v) is 10.2. The van der Waals surface area contributed by atoms with E-state index < -0.39 is 0 Å². The lowest BCUT2D eigenvalue weighted by atomic mass is 9.76. The van der Waals surface area contributed by atoms with Gasteiger partial charge in [-0.05, 0) is 48.6 Å². The number of methoxy groups -OCH3 is 2. The van der Waals surface area contributed by atoms with Gasteiger partial charge in [-0.1, -0.05) is 30.3 Å². The average Bonchev–Trinajstić information content (AvgIpc) is 2.82. The average molecular weight is 416 g/mol. The molecule has 2 aromatic carbocycles. The molecular weight excluding hydrogens is 392 g/mol. The largest absolute Gasteiger partial charge is 0.493 e. The molecule has 0 spiro atoms. The molecule has 2 aromatic rings. The van der Waals surface area contributed by atoms with Crippen LogP contribution in [0.5, 0.6) is 11.5 Å². The maximum absolute atomic E-state index is 10.1. The molecule has 0 radical (unpaired) electrons. The Hall–Kier alpha value is -3.72. The van der Waals surface area contributed by atoms with E-state index in [4.69, 9.17) is 18.9 Å². The summed E-state index contributed by atoms with van der Waals surface area (Å²) in [6.45, 7) is 2.35. The van der Waals surface area contributed by atoms with Crippen LogP contribution in [-0.4, -0.2) is 27.2 Å². The van der Waals surface area contributed by atoms with Crippen molar-refractivity contribution in [3.63, 3.8) is 0 Å². The molecule has 1 heterocycles. The number of aliphatic imine (C=N–C) groups is 1. The molecule has 1 atom stereocenters. The number of rotatable bonds is 6. The fourth-order valence-electron chi connectivity index (χ4n) is 4.13. The van der Waals surface area contributed by atoms with Gasteiger partial charge in [0.05, 0.1) is 20.8 Å². The van der Waals surface area contributed by atoms with Gasteiger partial charge in [-0.2, -0.15) is 10.3 Å². The highest BCUT2D eigenvalue weighted by atomic mass is 16.5. The summed E-state index contributed by atoms with van der Waals surface area (Å²) in [6.07, 6.45) is 3.01. The van der Waals surface area contributed by atoms with Gasteiger partial charge in [0.1, 0.15) is 17.4 Å². The van der Waals surface area contributed by atoms with Crippen molar-refractivity contribution in [2.24, 2.45) is 4.99 Å². The molecule has 0 saturated carbocycles. The predicted molar refractivity (Wildman–Crippen MR) is 118 cm³/mol. The number of benzene rings is 2. The number of fused-ring (bicyclic) bond motifs is 2. The van der Waals surface area contributed by atoms with Crippen LogP contribution in [0.2, 0.25) is 0 Å². The van der Waals surface area contributed by atoms with E-state index in [0.29, 0.717) is 23.7 Å². The van der Waals surface area contributed by atoms with Crippen molar-refractivity contribution in [3.05, 3.63) is 76.2 Å². The zero-order valence-corrected chi connectivity index (χ0v) is 17.8. The van der Waals surface area contributed by atoms with E-state index in [2.05, 4.69) is 23.2 Å². The van der Waals surface area contributed by atoms with Crippen molar-refractivity contribution in [1.29, 1.82) is 5.26 Å². The van der Waals surface area contributed by atoms with E-state index in [1.165, 1.54) is 12.0 Å². The minimum Gasteiger partial charge on any atom is -0.493 e. The van der Waals surface area contributed by atoms with E-state index in [9.17, 15) is 5.26 Å². The second-order valence-electron chi connectivity index (χ2n) is 7.18. The Morgan fingerprint density at radius 1 is 1.13 bits per heavy atom. The monoisotopic (exact) mass is 416 g/mol. The quantitative estimate of drug-likeness (QED) is 0.491. The Morgan fingerprint density at radius 3 is 2.68 bits per heavy atom. The molecule has 6 heteroatoms. The predicted octanol–water partition coefficient (Wildman–Crippen LogP) is 4.98. The number of hydrogen-bond acceptors (Lipinski definition) is 6. The van der Waals surface area contributed by atoms with Gasteiger partial charge < -0.3 is 18.9 Å². The smallest absolute Gasteiger partial charge is 0.236 e. The first-order chi connectivity index (χ1) is 15.2. The Balaban J connectivity index is 1.91. The first-order valence-electron chi connectivity index (χ1n) is 10.2. The van der Waals surface area contributed by atoms with Crippen LogP contribution < -0.4 is 9.47 Å². The van der Waals surface area contributed by atoms with Gasteiger partial charge in [0.2, 0.25) is 5.88 Å². The summed E-state index contributed by atoms with van der Waals surface area (Å²) in [4.78, 5) is 4.34. The lowest BCUT2D eigenvalue weighted by molar-refractivity contribution is 0.325. The molecule has 158 valence electrons. The van der Waals surface area contributed by atoms with Gasteiger partial charge in [-0.3, -0.25) is 0 Å². The molecule has 0 aromatic heterocycles. The van der Waals surface area contributed by atoms with Crippen LogP contribution in [0.25, 0.3) is 5.76 Å². The summed E-state index contributed by atoms with van der Waals surface area (Å²) < 4.78 is 22.4. The third-order valence-electron chi connectivity index (χ3n) is 5.56. The third kappa shape index (κ3) is 3.75. The summed E-state index contributed by atoms with van der Waals surface area (Å²) in [5.74, 6) is 1.98. The lowest BCUT2D eigenvalue weighted by Gasteiger charge is -2.33. The van der Waals surface area contributed by atoms with Crippen LogP contribution in [0.4, 0.5) is 0 Å². The second kappa shape index (κ2) is 8.97. The fourth-order valence-corrected chi connectivity index (χ4v) is 4.13. The van der Waals surface area contributed by atoms with Crippen molar-refractivity contribution in [1.82, 2.24) is 0 Å². The maximum Gasteiger partial charge on any atom is 0.236 e. The Kier molecular flexibility index (Phi) is 5.94. The molecule has 0 saturated heterocycles. The molecule has 1 aliphatic heterocycles. The highest BCUT2D eigenvalue weighted by molar-refractivity contribution is 5.74. The van der Waals surface area contributed by atoms with Crippen molar-refractivity contribution >= 4 is 12.2 Å². The molecule has 1 aliphatic carbocycles. The van der Waals surface area contributed by atoms with Crippen molar-refractivity contribution in [2.75, 3.05) is 20.8 Å². The van der Waals surface area contributed by atoms with Crippen LogP contribution in [0, 0.1) is 11.3 Å². The summed E-state index contributed by atoms with van der Waals surface area (Å²) in [7, 11) is 3.21. The molecule has 0 fully saturated rings. The van der Waals surface area contributed by atoms with Gasteiger partial charge in [-0.25, -0.2) is 0 Å². The van der Waals surface area contributed by atoms with Crippen LogP contribution >= 0.6 is 0 Å². The maximum atomic E-state index is 10.1. The van der Waals surface area contributed by atoms with E-state index in [1.807, 2.05) is 37.3 Å². The molecule has 0 amide bonds. The number of ether oxygens (including phenoxy) is 4. The summed E-state index contributed by atoms with van der Waals surface area (Å²) in [5, 5.41) is 10.1. The number of aryl methyl sites for hydroxylation is 1. The van der Waals surface area contributed by atoms with Crippen LogP contribution in [0.15, 0.2) is 64.5 Å². The highest BCUT2D eigenvalue weighted by Crippen LogP contribution is 2.49. The molecule has 0 N–H and O–H groups in total. The SMILES string of the molecule is CCO/C=N/C1=C(C#N)C(c2ccc(OC)c(OC)c2)C2=C(O1)c1ccccc1CC2. The highest BCUT2D eigenvalue weighted by Gasteiger charge is 2.36. The molecular formula is C25H24N2O4. The van der Waals surface area contributed by atoms with Crippen molar-refractivity contribution in [3.8, 4) is 17.6 Å². The normalized spacial score (nSPS) is 17.5. The Bertz CT molecular complexity index is 1120. The molecule has 2 aliphatic rings.